The first kappa shape index (κ1) is 45.5. The molecule has 2 aromatic heterocycles. The van der Waals surface area contributed by atoms with Crippen LogP contribution >= 0.6 is 48.0 Å². The third-order valence-corrected chi connectivity index (χ3v) is 12.4. The van der Waals surface area contributed by atoms with Crippen LogP contribution < -0.4 is 9.80 Å². The molecule has 2 aliphatic heterocycles. The second-order valence-corrected chi connectivity index (χ2v) is 15.9. The first-order chi connectivity index (χ1) is 27.4. The van der Waals surface area contributed by atoms with Gasteiger partial charge in [-0.2, -0.15) is 0 Å². The van der Waals surface area contributed by atoms with E-state index in [1.54, 1.807) is 0 Å². The zero-order chi connectivity index (χ0) is 39.0. The van der Waals surface area contributed by atoms with Gasteiger partial charge in [0.25, 0.3) is 0 Å². The zero-order valence-electron chi connectivity index (χ0n) is 34.3. The number of fused-ring (bicyclic) bond motifs is 2. The van der Waals surface area contributed by atoms with Crippen LogP contribution in [0.4, 0.5) is 11.4 Å². The van der Waals surface area contributed by atoms with E-state index < -0.39 is 0 Å². The van der Waals surface area contributed by atoms with Crippen LogP contribution in [-0.4, -0.2) is 84.2 Å². The van der Waals surface area contributed by atoms with Crippen molar-refractivity contribution in [1.29, 1.82) is 0 Å². The summed E-state index contributed by atoms with van der Waals surface area (Å²) >= 11 is 12.6. The van der Waals surface area contributed by atoms with Gasteiger partial charge in [-0.15, -0.1) is 24.8 Å². The summed E-state index contributed by atoms with van der Waals surface area (Å²) < 4.78 is 0. The van der Waals surface area contributed by atoms with E-state index in [0.29, 0.717) is 12.1 Å². The van der Waals surface area contributed by atoms with Gasteiger partial charge in [0, 0.05) is 81.6 Å². The average molecular weight is 861 g/mol. The van der Waals surface area contributed by atoms with Gasteiger partial charge in [-0.3, -0.25) is 0 Å². The quantitative estimate of drug-likeness (QED) is 0.137. The van der Waals surface area contributed by atoms with Gasteiger partial charge >= 0.3 is 0 Å². The molecule has 308 valence electrons. The Hall–Kier alpha value is -3.62. The van der Waals surface area contributed by atoms with Gasteiger partial charge in [0.1, 0.15) is 0 Å². The van der Waals surface area contributed by atoms with Crippen LogP contribution in [-0.2, 0) is 0 Å². The van der Waals surface area contributed by atoms with E-state index in [1.807, 2.05) is 36.4 Å². The van der Waals surface area contributed by atoms with Crippen molar-refractivity contribution < 1.29 is 0 Å². The fourth-order valence-corrected chi connectivity index (χ4v) is 9.16. The fraction of sp³-hybridized carbons (Fsp3) is 0.375. The van der Waals surface area contributed by atoms with Gasteiger partial charge in [0.05, 0.1) is 22.4 Å². The van der Waals surface area contributed by atoms with E-state index in [4.69, 9.17) is 33.2 Å². The van der Waals surface area contributed by atoms with Crippen LogP contribution in [0.5, 0.6) is 0 Å². The van der Waals surface area contributed by atoms with Gasteiger partial charge < -0.3 is 19.6 Å². The van der Waals surface area contributed by atoms with Crippen LogP contribution in [0.15, 0.2) is 109 Å². The van der Waals surface area contributed by atoms with Gasteiger partial charge in [-0.1, -0.05) is 112 Å². The minimum atomic E-state index is 0. The number of piperidine rings is 2. The Morgan fingerprint density at radius 2 is 0.845 bits per heavy atom. The first-order valence-corrected chi connectivity index (χ1v) is 21.4. The van der Waals surface area contributed by atoms with Crippen molar-refractivity contribution in [3.05, 3.63) is 119 Å². The SMILES string of the molecule is CCN(CC)C1CCN(c2cc(-c3ccccc3)nc3cc(Cl)ccc23)CC1.CCN(CC)C1CCN(c2cc(-c3ccccc3)nc3cc(Cl)ccc23)CC1.Cl.Cl. The summed E-state index contributed by atoms with van der Waals surface area (Å²) in [7, 11) is 0. The zero-order valence-corrected chi connectivity index (χ0v) is 37.4. The van der Waals surface area contributed by atoms with E-state index in [1.165, 1.54) is 47.8 Å². The molecule has 6 aromatic rings. The second-order valence-electron chi connectivity index (χ2n) is 15.0. The maximum absolute atomic E-state index is 6.28. The molecule has 0 radical (unpaired) electrons. The van der Waals surface area contributed by atoms with Crippen molar-refractivity contribution in [2.24, 2.45) is 0 Å². The van der Waals surface area contributed by atoms with Crippen molar-refractivity contribution in [2.75, 3.05) is 62.2 Å². The lowest BCUT2D eigenvalue weighted by molar-refractivity contribution is 0.186. The third kappa shape index (κ3) is 10.6. The van der Waals surface area contributed by atoms with Crippen LogP contribution in [0.2, 0.25) is 10.0 Å². The monoisotopic (exact) mass is 858 g/mol. The molecule has 2 aliphatic rings. The topological polar surface area (TPSA) is 38.7 Å². The lowest BCUT2D eigenvalue weighted by Crippen LogP contribution is -2.44. The van der Waals surface area contributed by atoms with Gasteiger partial charge in [-0.25, -0.2) is 9.97 Å². The van der Waals surface area contributed by atoms with E-state index in [2.05, 4.69) is 120 Å². The predicted molar refractivity (Wildman–Crippen MR) is 255 cm³/mol. The largest absolute Gasteiger partial charge is 0.371 e. The van der Waals surface area contributed by atoms with Crippen molar-refractivity contribution in [2.45, 2.75) is 65.5 Å². The van der Waals surface area contributed by atoms with Crippen molar-refractivity contribution >= 4 is 81.2 Å². The Balaban J connectivity index is 0.000000214. The number of pyridine rings is 2. The van der Waals surface area contributed by atoms with Crippen LogP contribution in [0.1, 0.15) is 53.4 Å². The molecule has 8 rings (SSSR count). The fourth-order valence-electron chi connectivity index (χ4n) is 8.83. The smallest absolute Gasteiger partial charge is 0.0745 e. The lowest BCUT2D eigenvalue weighted by atomic mass is 10.0. The van der Waals surface area contributed by atoms with Crippen molar-refractivity contribution in [3.63, 3.8) is 0 Å². The Labute approximate surface area is 368 Å². The van der Waals surface area contributed by atoms with E-state index >= 15 is 0 Å². The number of hydrogen-bond acceptors (Lipinski definition) is 6. The number of nitrogens with zero attached hydrogens (tertiary/aromatic N) is 6. The molecule has 0 amide bonds. The summed E-state index contributed by atoms with van der Waals surface area (Å²) in [6.07, 6.45) is 4.83. The minimum Gasteiger partial charge on any atom is -0.371 e. The molecule has 0 bridgehead atoms. The second kappa shape index (κ2) is 21.6. The number of hydrogen-bond donors (Lipinski definition) is 0. The molecule has 4 heterocycles. The van der Waals surface area contributed by atoms with Crippen molar-refractivity contribution in [3.8, 4) is 22.5 Å². The molecule has 4 aromatic carbocycles. The molecular formula is C48H58Cl4N6. The molecule has 0 spiro atoms. The normalized spacial score (nSPS) is 15.0. The number of aromatic nitrogens is 2. The molecule has 10 heteroatoms. The number of halogens is 4. The first-order valence-electron chi connectivity index (χ1n) is 20.7. The predicted octanol–water partition coefficient (Wildman–Crippen LogP) is 12.6. The Morgan fingerprint density at radius 1 is 0.500 bits per heavy atom. The number of anilines is 2. The number of benzene rings is 4. The van der Waals surface area contributed by atoms with Gasteiger partial charge in [-0.05, 0) is 100 Å². The van der Waals surface area contributed by atoms with Crippen LogP contribution in [0.25, 0.3) is 44.3 Å². The summed E-state index contributed by atoms with van der Waals surface area (Å²) in [5, 5.41) is 3.84. The summed E-state index contributed by atoms with van der Waals surface area (Å²) in [5.74, 6) is 0. The van der Waals surface area contributed by atoms with Crippen molar-refractivity contribution in [1.82, 2.24) is 19.8 Å². The summed E-state index contributed by atoms with van der Waals surface area (Å²) in [6.45, 7) is 17.9. The molecule has 0 atom stereocenters. The molecule has 58 heavy (non-hydrogen) atoms. The number of rotatable bonds is 10. The van der Waals surface area contributed by atoms with Crippen LogP contribution in [0, 0.1) is 0 Å². The van der Waals surface area contributed by atoms with E-state index in [-0.39, 0.29) is 24.8 Å². The molecule has 0 N–H and O–H groups in total. The molecular weight excluding hydrogens is 802 g/mol. The highest BCUT2D eigenvalue weighted by molar-refractivity contribution is 6.31. The molecule has 2 saturated heterocycles. The lowest BCUT2D eigenvalue weighted by Gasteiger charge is -2.39. The molecule has 0 unspecified atom stereocenters. The molecule has 2 fully saturated rings. The van der Waals surface area contributed by atoms with E-state index in [9.17, 15) is 0 Å². The average Bonchev–Trinajstić information content (AvgIpc) is 3.25. The highest BCUT2D eigenvalue weighted by Crippen LogP contribution is 2.36. The highest BCUT2D eigenvalue weighted by atomic mass is 35.5. The standard InChI is InChI=1S/2C24H28ClN3.2ClH/c2*1-3-27(4-2)20-12-14-28(15-13-20)24-17-22(18-8-6-5-7-9-18)26-23-16-19(25)10-11-21(23)24;;/h2*5-11,16-17,20H,3-4,12-15H2,1-2H3;2*1H. The maximum Gasteiger partial charge on any atom is 0.0745 e. The molecule has 0 aliphatic carbocycles. The van der Waals surface area contributed by atoms with Gasteiger partial charge in [0.2, 0.25) is 0 Å². The van der Waals surface area contributed by atoms with Crippen LogP contribution in [0.3, 0.4) is 0 Å². The maximum atomic E-state index is 6.28. The Morgan fingerprint density at radius 3 is 1.17 bits per heavy atom. The Kier molecular flexibility index (Phi) is 16.9. The Bertz CT molecular complexity index is 2020. The summed E-state index contributed by atoms with van der Waals surface area (Å²) in [6, 6.07) is 38.9. The van der Waals surface area contributed by atoms with E-state index in [0.717, 1.165) is 96.0 Å². The molecule has 6 nitrogen and oxygen atoms in total. The third-order valence-electron chi connectivity index (χ3n) is 11.9. The minimum absolute atomic E-state index is 0. The summed E-state index contributed by atoms with van der Waals surface area (Å²) in [5.41, 5.74) is 8.79. The highest BCUT2D eigenvalue weighted by Gasteiger charge is 2.26. The summed E-state index contributed by atoms with van der Waals surface area (Å²) in [4.78, 5) is 20.1. The van der Waals surface area contributed by atoms with Gasteiger partial charge in [0.15, 0.2) is 0 Å². The molecule has 0 saturated carbocycles.